The van der Waals surface area contributed by atoms with Crippen LogP contribution in [0.1, 0.15) is 24.8 Å². The lowest BCUT2D eigenvalue weighted by Crippen LogP contribution is -2.42. The van der Waals surface area contributed by atoms with E-state index in [1.807, 2.05) is 18.2 Å². The third-order valence-corrected chi connectivity index (χ3v) is 5.07. The maximum atomic E-state index is 12.0. The van der Waals surface area contributed by atoms with Crippen LogP contribution in [0.25, 0.3) is 0 Å². The molecule has 1 aromatic rings. The molecule has 0 aliphatic carbocycles. The van der Waals surface area contributed by atoms with Crippen LogP contribution in [0.2, 0.25) is 5.02 Å². The number of sulfonamides is 1. The molecular formula is C13H19ClN2O2S. The molecule has 1 unspecified atom stereocenters. The Bertz CT molecular complexity index is 513. The first-order chi connectivity index (χ1) is 9.07. The van der Waals surface area contributed by atoms with Gasteiger partial charge in [-0.1, -0.05) is 36.2 Å². The van der Waals surface area contributed by atoms with Gasteiger partial charge in [0, 0.05) is 17.6 Å². The summed E-state index contributed by atoms with van der Waals surface area (Å²) in [5, 5.41) is 3.82. The first-order valence-corrected chi connectivity index (χ1v) is 8.54. The number of halogens is 1. The van der Waals surface area contributed by atoms with Crippen molar-refractivity contribution in [2.24, 2.45) is 0 Å². The van der Waals surface area contributed by atoms with Gasteiger partial charge in [-0.05, 0) is 31.0 Å². The molecule has 1 aliphatic rings. The van der Waals surface area contributed by atoms with Crippen molar-refractivity contribution >= 4 is 21.6 Å². The minimum absolute atomic E-state index is 0.0671. The molecule has 1 aromatic carbocycles. The maximum absolute atomic E-state index is 12.0. The third-order valence-electron chi connectivity index (χ3n) is 3.27. The summed E-state index contributed by atoms with van der Waals surface area (Å²) in [6.45, 7) is 1.15. The van der Waals surface area contributed by atoms with E-state index in [2.05, 4.69) is 10.0 Å². The lowest BCUT2D eigenvalue weighted by atomic mass is 10.1. The quantitative estimate of drug-likeness (QED) is 0.873. The highest BCUT2D eigenvalue weighted by Gasteiger charge is 2.20. The molecule has 2 N–H and O–H groups in total. The number of hydrogen-bond donors (Lipinski definition) is 2. The van der Waals surface area contributed by atoms with Crippen LogP contribution in [-0.4, -0.2) is 26.8 Å². The summed E-state index contributed by atoms with van der Waals surface area (Å²) in [5.74, 6) is 0.136. The second-order valence-corrected chi connectivity index (χ2v) is 7.10. The Kier molecular flexibility index (Phi) is 5.21. The fraction of sp³-hybridized carbons (Fsp3) is 0.538. The Morgan fingerprint density at radius 2 is 2.11 bits per heavy atom. The average molecular weight is 303 g/mol. The molecule has 4 nitrogen and oxygen atoms in total. The molecule has 1 aliphatic heterocycles. The SMILES string of the molecule is O=S(=O)(CC1CCCCN1)NCc1ccccc1Cl. The third kappa shape index (κ3) is 4.76. The van der Waals surface area contributed by atoms with Gasteiger partial charge in [0.25, 0.3) is 0 Å². The number of hydrogen-bond acceptors (Lipinski definition) is 3. The molecule has 0 spiro atoms. The largest absolute Gasteiger partial charge is 0.313 e. The molecule has 1 fully saturated rings. The first kappa shape index (κ1) is 14.8. The van der Waals surface area contributed by atoms with E-state index in [-0.39, 0.29) is 18.3 Å². The number of benzene rings is 1. The molecule has 0 saturated carbocycles. The number of nitrogens with one attached hydrogen (secondary N) is 2. The van der Waals surface area contributed by atoms with Gasteiger partial charge in [-0.2, -0.15) is 0 Å². The summed E-state index contributed by atoms with van der Waals surface area (Å²) < 4.78 is 26.6. The number of piperidine rings is 1. The van der Waals surface area contributed by atoms with E-state index in [0.717, 1.165) is 31.4 Å². The summed E-state index contributed by atoms with van der Waals surface area (Å²) in [5.41, 5.74) is 0.796. The zero-order valence-electron chi connectivity index (χ0n) is 10.7. The van der Waals surface area contributed by atoms with E-state index in [4.69, 9.17) is 11.6 Å². The molecule has 1 saturated heterocycles. The molecule has 106 valence electrons. The molecule has 2 rings (SSSR count). The first-order valence-electron chi connectivity index (χ1n) is 6.51. The van der Waals surface area contributed by atoms with Crippen molar-refractivity contribution in [2.75, 3.05) is 12.3 Å². The normalized spacial score (nSPS) is 20.4. The standard InChI is InChI=1S/C13H19ClN2O2S/c14-13-7-2-1-5-11(13)9-16-19(17,18)10-12-6-3-4-8-15-12/h1-2,5,7,12,15-16H,3-4,6,8-10H2. The predicted octanol–water partition coefficient (Wildman–Crippen LogP) is 1.90. The van der Waals surface area contributed by atoms with Crippen molar-refractivity contribution < 1.29 is 8.42 Å². The van der Waals surface area contributed by atoms with Crippen molar-refractivity contribution in [1.29, 1.82) is 0 Å². The van der Waals surface area contributed by atoms with Crippen LogP contribution in [-0.2, 0) is 16.6 Å². The van der Waals surface area contributed by atoms with E-state index in [1.54, 1.807) is 6.07 Å². The van der Waals surface area contributed by atoms with Crippen LogP contribution in [0.4, 0.5) is 0 Å². The lowest BCUT2D eigenvalue weighted by molar-refractivity contribution is 0.422. The topological polar surface area (TPSA) is 58.2 Å². The Balaban J connectivity index is 1.88. The lowest BCUT2D eigenvalue weighted by Gasteiger charge is -2.23. The molecule has 0 bridgehead atoms. The molecule has 0 radical (unpaired) electrons. The molecule has 1 atom stereocenters. The molecule has 6 heteroatoms. The van der Waals surface area contributed by atoms with Crippen LogP contribution in [0, 0.1) is 0 Å². The molecule has 0 aromatic heterocycles. The molecule has 0 amide bonds. The van der Waals surface area contributed by atoms with Crippen LogP contribution in [0.15, 0.2) is 24.3 Å². The highest BCUT2D eigenvalue weighted by Crippen LogP contribution is 2.15. The van der Waals surface area contributed by atoms with Crippen molar-refractivity contribution in [3.05, 3.63) is 34.9 Å². The van der Waals surface area contributed by atoms with Crippen molar-refractivity contribution in [3.8, 4) is 0 Å². The molecule has 19 heavy (non-hydrogen) atoms. The summed E-state index contributed by atoms with van der Waals surface area (Å²) >= 11 is 6.00. The van der Waals surface area contributed by atoms with Crippen molar-refractivity contribution in [3.63, 3.8) is 0 Å². The number of rotatable bonds is 5. The Morgan fingerprint density at radius 3 is 2.79 bits per heavy atom. The predicted molar refractivity (Wildman–Crippen MR) is 77.7 cm³/mol. The van der Waals surface area contributed by atoms with Gasteiger partial charge in [0.2, 0.25) is 10.0 Å². The van der Waals surface area contributed by atoms with Gasteiger partial charge in [-0.25, -0.2) is 13.1 Å². The highest BCUT2D eigenvalue weighted by atomic mass is 35.5. The van der Waals surface area contributed by atoms with E-state index in [0.29, 0.717) is 5.02 Å². The second kappa shape index (κ2) is 6.70. The maximum Gasteiger partial charge on any atom is 0.213 e. The monoisotopic (exact) mass is 302 g/mol. The van der Waals surface area contributed by atoms with Gasteiger partial charge in [-0.15, -0.1) is 0 Å². The molecule has 1 heterocycles. The van der Waals surface area contributed by atoms with Crippen molar-refractivity contribution in [1.82, 2.24) is 10.0 Å². The smallest absolute Gasteiger partial charge is 0.213 e. The summed E-state index contributed by atoms with van der Waals surface area (Å²) in [4.78, 5) is 0. The van der Waals surface area contributed by atoms with Crippen LogP contribution < -0.4 is 10.0 Å². The zero-order chi connectivity index (χ0) is 13.7. The Hall–Kier alpha value is -0.620. The van der Waals surface area contributed by atoms with Gasteiger partial charge in [0.05, 0.1) is 5.75 Å². The summed E-state index contributed by atoms with van der Waals surface area (Å²) in [6, 6.07) is 7.32. The Labute approximate surface area is 119 Å². The summed E-state index contributed by atoms with van der Waals surface area (Å²) in [7, 11) is -3.27. The fourth-order valence-electron chi connectivity index (χ4n) is 2.22. The average Bonchev–Trinajstić information content (AvgIpc) is 2.38. The molecular weight excluding hydrogens is 284 g/mol. The van der Waals surface area contributed by atoms with Gasteiger partial charge >= 0.3 is 0 Å². The highest BCUT2D eigenvalue weighted by molar-refractivity contribution is 7.89. The van der Waals surface area contributed by atoms with Gasteiger partial charge in [-0.3, -0.25) is 0 Å². The van der Waals surface area contributed by atoms with Crippen LogP contribution in [0.3, 0.4) is 0 Å². The van der Waals surface area contributed by atoms with E-state index in [9.17, 15) is 8.42 Å². The van der Waals surface area contributed by atoms with E-state index >= 15 is 0 Å². The van der Waals surface area contributed by atoms with Gasteiger partial charge in [0.15, 0.2) is 0 Å². The van der Waals surface area contributed by atoms with E-state index in [1.165, 1.54) is 0 Å². The minimum Gasteiger partial charge on any atom is -0.313 e. The zero-order valence-corrected chi connectivity index (χ0v) is 12.3. The minimum atomic E-state index is -3.27. The summed E-state index contributed by atoms with van der Waals surface area (Å²) in [6.07, 6.45) is 3.15. The van der Waals surface area contributed by atoms with Gasteiger partial charge in [0.1, 0.15) is 0 Å². The van der Waals surface area contributed by atoms with E-state index < -0.39 is 10.0 Å². The van der Waals surface area contributed by atoms with Crippen LogP contribution in [0.5, 0.6) is 0 Å². The Morgan fingerprint density at radius 1 is 1.32 bits per heavy atom. The fourth-order valence-corrected chi connectivity index (χ4v) is 3.73. The second-order valence-electron chi connectivity index (χ2n) is 4.84. The van der Waals surface area contributed by atoms with Crippen molar-refractivity contribution in [2.45, 2.75) is 31.8 Å². The van der Waals surface area contributed by atoms with Crippen LogP contribution >= 0.6 is 11.6 Å². The van der Waals surface area contributed by atoms with Gasteiger partial charge < -0.3 is 5.32 Å².